The van der Waals surface area contributed by atoms with Crippen molar-refractivity contribution in [3.8, 4) is 0 Å². The van der Waals surface area contributed by atoms with Gasteiger partial charge in [-0.1, -0.05) is 6.07 Å². The van der Waals surface area contributed by atoms with Crippen LogP contribution in [0.3, 0.4) is 0 Å². The summed E-state index contributed by atoms with van der Waals surface area (Å²) in [5.41, 5.74) is -0.0928. The molecule has 1 saturated heterocycles. The molecule has 0 aliphatic carbocycles. The molecule has 4 rings (SSSR count). The topological polar surface area (TPSA) is 93.5 Å². The number of benzene rings is 2. The summed E-state index contributed by atoms with van der Waals surface area (Å²) in [5.74, 6) is -0.550. The Balaban J connectivity index is 1.48. The van der Waals surface area contributed by atoms with Crippen molar-refractivity contribution < 1.29 is 31.1 Å². The molecule has 1 fully saturated rings. The molecule has 0 radical (unpaired) electrons. The summed E-state index contributed by atoms with van der Waals surface area (Å²) in [5, 5.41) is 2.53. The molecule has 12 heteroatoms. The lowest BCUT2D eigenvalue weighted by molar-refractivity contribution is -0.137. The van der Waals surface area contributed by atoms with E-state index in [1.54, 1.807) is 13.8 Å². The van der Waals surface area contributed by atoms with E-state index in [0.717, 1.165) is 12.1 Å². The number of imidazole rings is 1. The van der Waals surface area contributed by atoms with Crippen LogP contribution < -0.4 is 5.32 Å². The fraction of sp³-hybridized carbons (Fsp3) is 0.304. The molecule has 0 unspecified atom stereocenters. The third-order valence-corrected chi connectivity index (χ3v) is 7.30. The van der Waals surface area contributed by atoms with Crippen molar-refractivity contribution in [1.29, 1.82) is 0 Å². The van der Waals surface area contributed by atoms with Gasteiger partial charge in [-0.15, -0.1) is 0 Å². The van der Waals surface area contributed by atoms with E-state index in [-0.39, 0.29) is 41.3 Å². The number of nitrogens with one attached hydrogen (secondary N) is 1. The van der Waals surface area contributed by atoms with Gasteiger partial charge in [0.15, 0.2) is 0 Å². The van der Waals surface area contributed by atoms with Crippen LogP contribution in [-0.4, -0.2) is 53.5 Å². The molecule has 1 aromatic heterocycles. The minimum Gasteiger partial charge on any atom is -0.373 e. The highest BCUT2D eigenvalue weighted by molar-refractivity contribution is 7.89. The van der Waals surface area contributed by atoms with Gasteiger partial charge in [0, 0.05) is 31.1 Å². The molecule has 1 aliphatic rings. The molecule has 2 heterocycles. The number of hydrogen-bond donors (Lipinski definition) is 1. The van der Waals surface area contributed by atoms with Gasteiger partial charge in [0.25, 0.3) is 5.91 Å². The van der Waals surface area contributed by atoms with Gasteiger partial charge in [-0.05, 0) is 50.2 Å². The molecule has 1 N–H and O–H groups in total. The number of halogens is 3. The highest BCUT2D eigenvalue weighted by Gasteiger charge is 2.33. The van der Waals surface area contributed by atoms with Crippen molar-refractivity contribution >= 4 is 33.2 Å². The zero-order chi connectivity index (χ0) is 25.4. The van der Waals surface area contributed by atoms with Crippen molar-refractivity contribution in [3.05, 3.63) is 66.1 Å². The van der Waals surface area contributed by atoms with Gasteiger partial charge in [-0.3, -0.25) is 4.79 Å². The quantitative estimate of drug-likeness (QED) is 0.567. The molecule has 0 bridgehead atoms. The zero-order valence-electron chi connectivity index (χ0n) is 18.9. The molecule has 2 atom stereocenters. The van der Waals surface area contributed by atoms with Crippen molar-refractivity contribution in [1.82, 2.24) is 19.2 Å². The number of amides is 1. The number of ether oxygens (including phenoxy) is 1. The van der Waals surface area contributed by atoms with E-state index in [2.05, 4.69) is 10.3 Å². The molecular formula is C23H23F3N4O4S. The lowest BCUT2D eigenvalue weighted by Gasteiger charge is -2.34. The summed E-state index contributed by atoms with van der Waals surface area (Å²) in [6, 6.07) is 8.89. The largest absolute Gasteiger partial charge is 0.416 e. The number of rotatable bonds is 5. The van der Waals surface area contributed by atoms with E-state index in [1.807, 2.05) is 0 Å². The molecule has 0 spiro atoms. The van der Waals surface area contributed by atoms with Crippen LogP contribution in [0.1, 0.15) is 29.8 Å². The fourth-order valence-electron chi connectivity index (χ4n) is 3.88. The minimum atomic E-state index is -4.47. The number of alkyl halides is 3. The predicted molar refractivity (Wildman–Crippen MR) is 123 cm³/mol. The molecule has 2 aromatic carbocycles. The normalized spacial score (nSPS) is 19.9. The second-order valence-corrected chi connectivity index (χ2v) is 10.2. The van der Waals surface area contributed by atoms with Crippen LogP contribution in [0, 0.1) is 0 Å². The molecule has 35 heavy (non-hydrogen) atoms. The minimum absolute atomic E-state index is 0.00324. The number of hydrogen-bond acceptors (Lipinski definition) is 5. The number of nitrogens with zero attached hydrogens (tertiary/aromatic N) is 3. The molecule has 0 saturated carbocycles. The Morgan fingerprint density at radius 3 is 2.54 bits per heavy atom. The third kappa shape index (κ3) is 5.39. The average Bonchev–Trinajstić information content (AvgIpc) is 3.20. The molecule has 3 aromatic rings. The highest BCUT2D eigenvalue weighted by atomic mass is 32.2. The number of fused-ring (bicyclic) bond motifs is 1. The van der Waals surface area contributed by atoms with Crippen LogP contribution >= 0.6 is 0 Å². The van der Waals surface area contributed by atoms with E-state index in [9.17, 15) is 26.4 Å². The maximum Gasteiger partial charge on any atom is 0.416 e. The van der Waals surface area contributed by atoms with Gasteiger partial charge in [0.1, 0.15) is 0 Å². The lowest BCUT2D eigenvalue weighted by atomic mass is 10.2. The Kier molecular flexibility index (Phi) is 6.71. The van der Waals surface area contributed by atoms with Crippen LogP contribution in [0.5, 0.6) is 0 Å². The Hall–Kier alpha value is -3.22. The Labute approximate surface area is 200 Å². The first-order chi connectivity index (χ1) is 16.4. The molecule has 1 aliphatic heterocycles. The first-order valence-corrected chi connectivity index (χ1v) is 12.2. The molecule has 1 amide bonds. The van der Waals surface area contributed by atoms with Crippen LogP contribution in [0.2, 0.25) is 0 Å². The second kappa shape index (κ2) is 9.44. The number of carbonyl (C=O) groups excluding carboxylic acids is 1. The van der Waals surface area contributed by atoms with E-state index >= 15 is 0 Å². The van der Waals surface area contributed by atoms with Crippen LogP contribution in [0.15, 0.2) is 59.9 Å². The number of aromatic nitrogens is 2. The average molecular weight is 509 g/mol. The van der Waals surface area contributed by atoms with Crippen molar-refractivity contribution in [2.75, 3.05) is 13.1 Å². The summed E-state index contributed by atoms with van der Waals surface area (Å²) in [7, 11) is -3.82. The van der Waals surface area contributed by atoms with Crippen LogP contribution in [-0.2, 0) is 20.9 Å². The standard InChI is InChI=1S/C23H23F3N4O4S/c1-15-12-30(13-16(2)34-15)35(32,33)19-5-3-4-17(10-19)22(31)27-8-9-29-14-28-20-11-18(23(24,25)26)6-7-21(20)29/h3-11,14-16H,12-13H2,1-2H3,(H,27,31)/b9-8+/t15-,16-/m1/s1. The molecule has 186 valence electrons. The van der Waals surface area contributed by atoms with E-state index in [4.69, 9.17) is 4.74 Å². The van der Waals surface area contributed by atoms with Gasteiger partial charge >= 0.3 is 6.18 Å². The highest BCUT2D eigenvalue weighted by Crippen LogP contribution is 2.31. The first kappa shape index (κ1) is 24.9. The van der Waals surface area contributed by atoms with E-state index in [0.29, 0.717) is 5.52 Å². The smallest absolute Gasteiger partial charge is 0.373 e. The summed E-state index contributed by atoms with van der Waals surface area (Å²) < 4.78 is 73.2. The predicted octanol–water partition coefficient (Wildman–Crippen LogP) is 3.71. The monoisotopic (exact) mass is 508 g/mol. The first-order valence-electron chi connectivity index (χ1n) is 10.7. The molecule has 8 nitrogen and oxygen atoms in total. The summed E-state index contributed by atoms with van der Waals surface area (Å²) in [6.45, 7) is 4.03. The van der Waals surface area contributed by atoms with Gasteiger partial charge in [0.2, 0.25) is 10.0 Å². The van der Waals surface area contributed by atoms with Gasteiger partial charge in [-0.25, -0.2) is 13.4 Å². The zero-order valence-corrected chi connectivity index (χ0v) is 19.7. The van der Waals surface area contributed by atoms with Crippen molar-refractivity contribution in [2.24, 2.45) is 0 Å². The number of carbonyl (C=O) groups is 1. The maximum atomic E-state index is 13.1. The summed E-state index contributed by atoms with van der Waals surface area (Å²) in [6.07, 6.45) is -0.910. The summed E-state index contributed by atoms with van der Waals surface area (Å²) in [4.78, 5) is 16.6. The molecular weight excluding hydrogens is 485 g/mol. The Morgan fingerprint density at radius 2 is 1.86 bits per heavy atom. The Bertz CT molecular complexity index is 1370. The maximum absolute atomic E-state index is 13.1. The lowest BCUT2D eigenvalue weighted by Crippen LogP contribution is -2.48. The van der Waals surface area contributed by atoms with Gasteiger partial charge < -0.3 is 14.6 Å². The van der Waals surface area contributed by atoms with Gasteiger partial charge in [-0.2, -0.15) is 17.5 Å². The second-order valence-electron chi connectivity index (χ2n) is 8.25. The van der Waals surface area contributed by atoms with E-state index < -0.39 is 27.7 Å². The van der Waals surface area contributed by atoms with Crippen molar-refractivity contribution in [3.63, 3.8) is 0 Å². The fourth-order valence-corrected chi connectivity index (χ4v) is 5.51. The number of morpholine rings is 1. The summed E-state index contributed by atoms with van der Waals surface area (Å²) >= 11 is 0. The van der Waals surface area contributed by atoms with Crippen molar-refractivity contribution in [2.45, 2.75) is 37.1 Å². The Morgan fingerprint density at radius 1 is 1.14 bits per heavy atom. The van der Waals surface area contributed by atoms with E-state index in [1.165, 1.54) is 57.9 Å². The SMILES string of the molecule is C[C@@H]1CN(S(=O)(=O)c2cccc(C(=O)N/C=C/n3cnc4cc(C(F)(F)F)ccc43)c2)C[C@@H](C)O1. The van der Waals surface area contributed by atoms with Crippen LogP contribution in [0.25, 0.3) is 17.2 Å². The number of sulfonamides is 1. The van der Waals surface area contributed by atoms with Crippen LogP contribution in [0.4, 0.5) is 13.2 Å². The third-order valence-electron chi connectivity index (χ3n) is 5.47. The van der Waals surface area contributed by atoms with Gasteiger partial charge in [0.05, 0.1) is 40.0 Å².